The summed E-state index contributed by atoms with van der Waals surface area (Å²) in [6, 6.07) is 10.8. The zero-order valence-electron chi connectivity index (χ0n) is 17.6. The van der Waals surface area contributed by atoms with Crippen LogP contribution >= 0.6 is 0 Å². The van der Waals surface area contributed by atoms with E-state index in [9.17, 15) is 9.90 Å². The number of carbonyl (C=O) groups is 1. The second-order valence-electron chi connectivity index (χ2n) is 7.62. The topological polar surface area (TPSA) is 87.7 Å². The third-order valence-electron chi connectivity index (χ3n) is 5.50. The van der Waals surface area contributed by atoms with Crippen LogP contribution in [0.25, 0.3) is 23.2 Å². The molecule has 0 atom stereocenters. The number of likely N-dealkylation sites (tertiary alicyclic amines) is 1. The predicted octanol–water partition coefficient (Wildman–Crippen LogP) is 4.30. The van der Waals surface area contributed by atoms with Crippen LogP contribution < -0.4 is 9.47 Å². The number of rotatable bonds is 8. The van der Waals surface area contributed by atoms with E-state index in [2.05, 4.69) is 14.9 Å². The van der Waals surface area contributed by atoms with Crippen molar-refractivity contribution in [1.29, 1.82) is 0 Å². The highest BCUT2D eigenvalue weighted by Crippen LogP contribution is 2.29. The molecule has 0 radical (unpaired) electrons. The Hall–Kier alpha value is -3.32. The van der Waals surface area contributed by atoms with Gasteiger partial charge in [0.2, 0.25) is 0 Å². The summed E-state index contributed by atoms with van der Waals surface area (Å²) < 4.78 is 11.5. The number of nitrogens with one attached hydrogen (secondary N) is 1. The summed E-state index contributed by atoms with van der Waals surface area (Å²) in [6.45, 7) is 3.81. The second kappa shape index (κ2) is 9.66. The number of ether oxygens (including phenoxy) is 2. The molecule has 31 heavy (non-hydrogen) atoms. The van der Waals surface area contributed by atoms with Crippen LogP contribution in [-0.2, 0) is 0 Å². The van der Waals surface area contributed by atoms with Gasteiger partial charge in [0.05, 0.1) is 18.2 Å². The highest BCUT2D eigenvalue weighted by atomic mass is 16.5. The van der Waals surface area contributed by atoms with E-state index in [0.29, 0.717) is 35.0 Å². The summed E-state index contributed by atoms with van der Waals surface area (Å²) in [4.78, 5) is 21.4. The number of imidazole rings is 1. The fraction of sp³-hybridized carbons (Fsp3) is 0.333. The fourth-order valence-electron chi connectivity index (χ4n) is 3.86. The first-order valence-electron chi connectivity index (χ1n) is 10.6. The number of aromatic amines is 1. The van der Waals surface area contributed by atoms with E-state index in [0.717, 1.165) is 25.2 Å². The molecule has 2 heterocycles. The molecule has 0 saturated carbocycles. The fourth-order valence-corrected chi connectivity index (χ4v) is 3.86. The summed E-state index contributed by atoms with van der Waals surface area (Å²) in [5.41, 5.74) is 2.26. The number of aromatic nitrogens is 2. The molecule has 0 aliphatic carbocycles. The lowest BCUT2D eigenvalue weighted by molar-refractivity contribution is 0.0699. The summed E-state index contributed by atoms with van der Waals surface area (Å²) in [5.74, 6) is 1.01. The van der Waals surface area contributed by atoms with Gasteiger partial charge in [0, 0.05) is 6.54 Å². The summed E-state index contributed by atoms with van der Waals surface area (Å²) in [6.07, 6.45) is 7.58. The van der Waals surface area contributed by atoms with Gasteiger partial charge in [0.15, 0.2) is 11.5 Å². The number of para-hydroxylation sites is 1. The smallest absolute Gasteiger partial charge is 0.337 e. The Morgan fingerprint density at radius 2 is 2.00 bits per heavy atom. The van der Waals surface area contributed by atoms with Crippen molar-refractivity contribution < 1.29 is 19.4 Å². The van der Waals surface area contributed by atoms with E-state index in [-0.39, 0.29) is 5.56 Å². The second-order valence-corrected chi connectivity index (χ2v) is 7.62. The number of piperidine rings is 1. The van der Waals surface area contributed by atoms with E-state index >= 15 is 0 Å². The number of nitrogens with zero attached hydrogens (tertiary/aromatic N) is 2. The highest BCUT2D eigenvalue weighted by molar-refractivity contribution is 6.01. The van der Waals surface area contributed by atoms with E-state index in [4.69, 9.17) is 9.47 Å². The molecule has 3 aromatic rings. The Bertz CT molecular complexity index is 1080. The highest BCUT2D eigenvalue weighted by Gasteiger charge is 2.12. The predicted molar refractivity (Wildman–Crippen MR) is 121 cm³/mol. The van der Waals surface area contributed by atoms with Gasteiger partial charge in [-0.2, -0.15) is 0 Å². The minimum atomic E-state index is -0.992. The number of H-pyrrole nitrogens is 1. The van der Waals surface area contributed by atoms with E-state index < -0.39 is 5.97 Å². The third kappa shape index (κ3) is 5.06. The van der Waals surface area contributed by atoms with Crippen molar-refractivity contribution in [2.24, 2.45) is 0 Å². The van der Waals surface area contributed by atoms with Crippen LogP contribution in [0.4, 0.5) is 0 Å². The van der Waals surface area contributed by atoms with Crippen LogP contribution in [-0.4, -0.2) is 59.3 Å². The molecule has 162 valence electrons. The van der Waals surface area contributed by atoms with E-state index in [1.807, 2.05) is 36.4 Å². The Balaban J connectivity index is 1.47. The number of hydrogen-bond donors (Lipinski definition) is 2. The molecule has 1 aromatic heterocycles. The number of methoxy groups -OCH3 is 1. The Morgan fingerprint density at radius 3 is 2.77 bits per heavy atom. The molecule has 0 spiro atoms. The number of benzene rings is 2. The first-order chi connectivity index (χ1) is 15.1. The number of aromatic carboxylic acids is 1. The number of carboxylic acid groups (broad SMARTS) is 1. The lowest BCUT2D eigenvalue weighted by Gasteiger charge is -2.26. The van der Waals surface area contributed by atoms with Gasteiger partial charge in [-0.15, -0.1) is 0 Å². The number of carboxylic acids is 1. The minimum absolute atomic E-state index is 0.183. The van der Waals surface area contributed by atoms with Gasteiger partial charge < -0.3 is 19.6 Å². The van der Waals surface area contributed by atoms with E-state index in [1.165, 1.54) is 19.3 Å². The normalized spacial score (nSPS) is 14.9. The molecule has 7 heteroatoms. The largest absolute Gasteiger partial charge is 0.493 e. The van der Waals surface area contributed by atoms with Crippen LogP contribution in [0.5, 0.6) is 11.5 Å². The lowest BCUT2D eigenvalue weighted by atomic mass is 10.1. The third-order valence-corrected chi connectivity index (χ3v) is 5.50. The molecule has 1 fully saturated rings. The van der Waals surface area contributed by atoms with Crippen molar-refractivity contribution in [3.05, 3.63) is 53.3 Å². The maximum absolute atomic E-state index is 11.4. The molecule has 7 nitrogen and oxygen atoms in total. The van der Waals surface area contributed by atoms with Gasteiger partial charge in [0.1, 0.15) is 17.9 Å². The molecule has 1 aliphatic heterocycles. The molecular weight excluding hydrogens is 394 g/mol. The Morgan fingerprint density at radius 1 is 1.16 bits per heavy atom. The zero-order chi connectivity index (χ0) is 21.6. The first-order valence-corrected chi connectivity index (χ1v) is 10.6. The molecule has 4 rings (SSSR count). The Labute approximate surface area is 181 Å². The number of fused-ring (bicyclic) bond motifs is 1. The average molecular weight is 421 g/mol. The maximum atomic E-state index is 11.4. The zero-order valence-corrected chi connectivity index (χ0v) is 17.6. The quantitative estimate of drug-likeness (QED) is 0.564. The van der Waals surface area contributed by atoms with Gasteiger partial charge in [0.25, 0.3) is 0 Å². The van der Waals surface area contributed by atoms with Crippen molar-refractivity contribution in [3.63, 3.8) is 0 Å². The van der Waals surface area contributed by atoms with Crippen molar-refractivity contribution in [2.75, 3.05) is 33.4 Å². The first kappa shape index (κ1) is 20.9. The standard InChI is InChI=1S/C24H27N3O4/c1-30-20-10-8-17(16-21(20)31-15-14-27-12-3-2-4-13-27)9-11-22-25-19-7-5-6-18(24(28)29)23(19)26-22/h5-11,16H,2-4,12-15H2,1H3,(H,25,26)(H,28,29)/b11-9+. The van der Waals surface area contributed by atoms with Gasteiger partial charge in [-0.3, -0.25) is 4.90 Å². The molecular formula is C24H27N3O4. The van der Waals surface area contributed by atoms with Crippen LogP contribution in [0, 0.1) is 0 Å². The van der Waals surface area contributed by atoms with Crippen LogP contribution in [0.15, 0.2) is 36.4 Å². The summed E-state index contributed by atoms with van der Waals surface area (Å²) >= 11 is 0. The van der Waals surface area contributed by atoms with Crippen LogP contribution in [0.3, 0.4) is 0 Å². The molecule has 0 unspecified atom stereocenters. The van der Waals surface area contributed by atoms with Gasteiger partial charge >= 0.3 is 5.97 Å². The molecule has 0 amide bonds. The molecule has 1 saturated heterocycles. The molecule has 2 N–H and O–H groups in total. The molecule has 1 aliphatic rings. The maximum Gasteiger partial charge on any atom is 0.337 e. The van der Waals surface area contributed by atoms with Crippen LogP contribution in [0.2, 0.25) is 0 Å². The van der Waals surface area contributed by atoms with Crippen molar-refractivity contribution in [2.45, 2.75) is 19.3 Å². The Kier molecular flexibility index (Phi) is 6.52. The molecule has 0 bridgehead atoms. The van der Waals surface area contributed by atoms with Gasteiger partial charge in [-0.1, -0.05) is 24.6 Å². The summed E-state index contributed by atoms with van der Waals surface area (Å²) in [7, 11) is 1.64. The SMILES string of the molecule is COc1ccc(/C=C/c2nc3c(C(=O)O)cccc3[nH]2)cc1OCCN1CCCCC1. The average Bonchev–Trinajstić information content (AvgIpc) is 3.21. The van der Waals surface area contributed by atoms with Crippen molar-refractivity contribution >= 4 is 29.2 Å². The summed E-state index contributed by atoms with van der Waals surface area (Å²) in [5, 5.41) is 9.33. The van der Waals surface area contributed by atoms with Crippen molar-refractivity contribution in [3.8, 4) is 11.5 Å². The van der Waals surface area contributed by atoms with Crippen LogP contribution in [0.1, 0.15) is 41.0 Å². The molecule has 2 aromatic carbocycles. The number of hydrogen-bond acceptors (Lipinski definition) is 5. The van der Waals surface area contributed by atoms with E-state index in [1.54, 1.807) is 19.2 Å². The van der Waals surface area contributed by atoms with Gasteiger partial charge in [-0.25, -0.2) is 9.78 Å². The monoisotopic (exact) mass is 421 g/mol. The van der Waals surface area contributed by atoms with Gasteiger partial charge in [-0.05, 0) is 61.8 Å². The van der Waals surface area contributed by atoms with Crippen molar-refractivity contribution in [1.82, 2.24) is 14.9 Å². The lowest BCUT2D eigenvalue weighted by Crippen LogP contribution is -2.33. The minimum Gasteiger partial charge on any atom is -0.493 e.